The predicted octanol–water partition coefficient (Wildman–Crippen LogP) is -0.0801. The third kappa shape index (κ3) is 4.17. The number of nitrogens with zero attached hydrogens (tertiary/aromatic N) is 5. The number of hydrogen-bond acceptors (Lipinski definition) is 7. The first-order chi connectivity index (χ1) is 12.9. The molecule has 1 aliphatic heterocycles. The molecule has 0 aliphatic carbocycles. The van der Waals surface area contributed by atoms with Crippen molar-refractivity contribution in [1.29, 1.82) is 0 Å². The van der Waals surface area contributed by atoms with E-state index in [0.29, 0.717) is 18.4 Å². The van der Waals surface area contributed by atoms with Crippen molar-refractivity contribution >= 4 is 11.8 Å². The van der Waals surface area contributed by atoms with Crippen molar-refractivity contribution in [2.24, 2.45) is 0 Å². The Morgan fingerprint density at radius 1 is 1.30 bits per heavy atom. The Morgan fingerprint density at radius 2 is 2.07 bits per heavy atom. The van der Waals surface area contributed by atoms with Crippen LogP contribution < -0.4 is 11.2 Å². The van der Waals surface area contributed by atoms with Crippen molar-refractivity contribution in [1.82, 2.24) is 24.1 Å². The first kappa shape index (κ1) is 19.8. The molecule has 0 bridgehead atoms. The van der Waals surface area contributed by atoms with Crippen LogP contribution >= 0.6 is 11.8 Å². The van der Waals surface area contributed by atoms with Crippen LogP contribution in [-0.4, -0.2) is 52.3 Å². The van der Waals surface area contributed by atoms with E-state index in [2.05, 4.69) is 17.2 Å². The van der Waals surface area contributed by atoms with Crippen molar-refractivity contribution in [2.75, 3.05) is 6.61 Å². The topological polar surface area (TPSA) is 115 Å². The minimum absolute atomic E-state index is 0.150. The highest BCUT2D eigenvalue weighted by atomic mass is 32.2. The largest absolute Gasteiger partial charge is 0.395 e. The van der Waals surface area contributed by atoms with Gasteiger partial charge in [0.25, 0.3) is 5.56 Å². The van der Waals surface area contributed by atoms with Crippen LogP contribution in [0.4, 0.5) is 0 Å². The Hall–Kier alpha value is -1.91. The van der Waals surface area contributed by atoms with E-state index in [1.807, 2.05) is 6.20 Å². The zero-order valence-corrected chi connectivity index (χ0v) is 16.3. The van der Waals surface area contributed by atoms with Crippen LogP contribution in [0.5, 0.6) is 0 Å². The summed E-state index contributed by atoms with van der Waals surface area (Å²) < 4.78 is 4.46. The fourth-order valence-electron chi connectivity index (χ4n) is 3.23. The minimum Gasteiger partial charge on any atom is -0.395 e. The Morgan fingerprint density at radius 3 is 2.74 bits per heavy atom. The van der Waals surface area contributed by atoms with Gasteiger partial charge in [0.15, 0.2) is 0 Å². The summed E-state index contributed by atoms with van der Waals surface area (Å²) in [7, 11) is 0. The highest BCUT2D eigenvalue weighted by Crippen LogP contribution is 2.40. The van der Waals surface area contributed by atoms with E-state index < -0.39 is 11.8 Å². The first-order valence-electron chi connectivity index (χ1n) is 9.10. The number of aryl methyl sites for hydroxylation is 3. The van der Waals surface area contributed by atoms with Crippen LogP contribution in [0.25, 0.3) is 0 Å². The van der Waals surface area contributed by atoms with Crippen LogP contribution in [0.3, 0.4) is 0 Å². The summed E-state index contributed by atoms with van der Waals surface area (Å²) in [6.45, 7) is 4.56. The average Bonchev–Trinajstić information content (AvgIpc) is 3.24. The molecule has 3 unspecified atom stereocenters. The summed E-state index contributed by atoms with van der Waals surface area (Å²) in [5.41, 5.74) is 0.467. The Bertz CT molecular complexity index is 905. The molecule has 1 fully saturated rings. The quantitative estimate of drug-likeness (QED) is 0.674. The van der Waals surface area contributed by atoms with E-state index in [1.165, 1.54) is 20.9 Å². The molecular weight excluding hydrogens is 370 g/mol. The van der Waals surface area contributed by atoms with E-state index in [0.717, 1.165) is 18.7 Å². The fourth-order valence-corrected chi connectivity index (χ4v) is 4.60. The lowest BCUT2D eigenvalue weighted by atomic mass is 10.2. The normalized spacial score (nSPS) is 22.4. The summed E-state index contributed by atoms with van der Waals surface area (Å²) in [6, 6.07) is 0. The van der Waals surface area contributed by atoms with Gasteiger partial charge in [-0.2, -0.15) is 0 Å². The van der Waals surface area contributed by atoms with Gasteiger partial charge in [0.1, 0.15) is 0 Å². The van der Waals surface area contributed by atoms with Gasteiger partial charge >= 0.3 is 5.69 Å². The molecule has 1 saturated heterocycles. The maximum Gasteiger partial charge on any atom is 0.331 e. The highest BCUT2D eigenvalue weighted by Gasteiger charge is 2.35. The zero-order valence-electron chi connectivity index (χ0n) is 15.5. The predicted molar refractivity (Wildman–Crippen MR) is 102 cm³/mol. The summed E-state index contributed by atoms with van der Waals surface area (Å²) in [4.78, 5) is 25.4. The molecule has 0 amide bonds. The van der Waals surface area contributed by atoms with Crippen LogP contribution in [0.2, 0.25) is 0 Å². The molecule has 1 aliphatic rings. The van der Waals surface area contributed by atoms with Gasteiger partial charge in [-0.15, -0.1) is 16.9 Å². The van der Waals surface area contributed by atoms with Gasteiger partial charge in [-0.25, -0.2) is 4.79 Å². The lowest BCUT2D eigenvalue weighted by Crippen LogP contribution is -2.41. The highest BCUT2D eigenvalue weighted by molar-refractivity contribution is 8.00. The smallest absolute Gasteiger partial charge is 0.331 e. The molecule has 10 heteroatoms. The molecule has 0 saturated carbocycles. The second kappa shape index (κ2) is 8.41. The molecule has 27 heavy (non-hydrogen) atoms. The van der Waals surface area contributed by atoms with Gasteiger partial charge in [-0.05, 0) is 13.3 Å². The Labute approximate surface area is 160 Å². The molecule has 9 nitrogen and oxygen atoms in total. The molecule has 0 radical (unpaired) electrons. The zero-order chi connectivity index (χ0) is 19.6. The summed E-state index contributed by atoms with van der Waals surface area (Å²) in [6.07, 6.45) is 4.44. The SMILES string of the molecule is CCCn1cc(CCn2c(=O)c(C)cn(C3CC(O)C(CO)S3)c2=O)nn1. The third-order valence-corrected chi connectivity index (χ3v) is 6.24. The van der Waals surface area contributed by atoms with Crippen LogP contribution in [0, 0.1) is 6.92 Å². The molecule has 0 spiro atoms. The molecular formula is C17H25N5O4S. The first-order valence-corrected chi connectivity index (χ1v) is 10.0. The van der Waals surface area contributed by atoms with Gasteiger partial charge in [-0.1, -0.05) is 12.1 Å². The van der Waals surface area contributed by atoms with Gasteiger partial charge in [0.05, 0.1) is 29.0 Å². The number of thioether (sulfide) groups is 1. The lowest BCUT2D eigenvalue weighted by molar-refractivity contribution is 0.137. The monoisotopic (exact) mass is 395 g/mol. The number of aliphatic hydroxyl groups is 2. The average molecular weight is 395 g/mol. The lowest BCUT2D eigenvalue weighted by Gasteiger charge is -2.16. The van der Waals surface area contributed by atoms with E-state index in [9.17, 15) is 19.8 Å². The number of aromatic nitrogens is 5. The molecule has 3 rings (SSSR count). The Kier molecular flexibility index (Phi) is 6.18. The maximum atomic E-state index is 12.9. The van der Waals surface area contributed by atoms with Crippen molar-refractivity contribution in [3.05, 3.63) is 44.5 Å². The van der Waals surface area contributed by atoms with Gasteiger partial charge in [-0.3, -0.25) is 18.6 Å². The minimum atomic E-state index is -0.675. The number of aliphatic hydroxyl groups excluding tert-OH is 2. The molecule has 3 heterocycles. The fraction of sp³-hybridized carbons (Fsp3) is 0.647. The van der Waals surface area contributed by atoms with E-state index in [4.69, 9.17) is 0 Å². The number of hydrogen-bond donors (Lipinski definition) is 2. The van der Waals surface area contributed by atoms with Crippen LogP contribution in [0.1, 0.15) is 36.4 Å². The van der Waals surface area contributed by atoms with Crippen molar-refractivity contribution in [2.45, 2.75) is 62.9 Å². The van der Waals surface area contributed by atoms with Gasteiger partial charge in [0, 0.05) is 43.9 Å². The summed E-state index contributed by atoms with van der Waals surface area (Å²) >= 11 is 1.35. The molecule has 148 valence electrons. The van der Waals surface area contributed by atoms with E-state index in [1.54, 1.807) is 17.8 Å². The summed E-state index contributed by atoms with van der Waals surface area (Å²) in [5, 5.41) is 26.8. The number of rotatable bonds is 7. The van der Waals surface area contributed by atoms with Gasteiger partial charge < -0.3 is 10.2 Å². The standard InChI is InChI=1S/C17H25N5O4S/c1-3-5-20-9-12(18-19-20)4-6-21-16(25)11(2)8-22(17(21)26)15-7-13(24)14(10-23)27-15/h8-9,13-15,23-24H,3-7,10H2,1-2H3. The third-order valence-electron chi connectivity index (χ3n) is 4.69. The van der Waals surface area contributed by atoms with Crippen molar-refractivity contribution < 1.29 is 10.2 Å². The van der Waals surface area contributed by atoms with E-state index >= 15 is 0 Å². The van der Waals surface area contributed by atoms with Crippen molar-refractivity contribution in [3.8, 4) is 0 Å². The van der Waals surface area contributed by atoms with Gasteiger partial charge in [0.2, 0.25) is 0 Å². The molecule has 0 aromatic carbocycles. The second-order valence-electron chi connectivity index (χ2n) is 6.80. The molecule has 2 aromatic rings. The maximum absolute atomic E-state index is 12.9. The molecule has 3 atom stereocenters. The second-order valence-corrected chi connectivity index (χ2v) is 8.22. The van der Waals surface area contributed by atoms with Crippen LogP contribution in [-0.2, 0) is 19.5 Å². The summed E-state index contributed by atoms with van der Waals surface area (Å²) in [5.74, 6) is 0. The van der Waals surface area contributed by atoms with Crippen molar-refractivity contribution in [3.63, 3.8) is 0 Å². The van der Waals surface area contributed by atoms with E-state index in [-0.39, 0.29) is 29.3 Å². The Balaban J connectivity index is 1.83. The molecule has 2 N–H and O–H groups in total. The molecule has 2 aromatic heterocycles. The van der Waals surface area contributed by atoms with Crippen LogP contribution in [0.15, 0.2) is 22.0 Å².